The van der Waals surface area contributed by atoms with Crippen LogP contribution in [-0.2, 0) is 0 Å². The Labute approximate surface area is 160 Å². The van der Waals surface area contributed by atoms with Crippen LogP contribution < -0.4 is 10.6 Å². The van der Waals surface area contributed by atoms with Gasteiger partial charge in [0.05, 0.1) is 16.1 Å². The summed E-state index contributed by atoms with van der Waals surface area (Å²) in [7, 11) is 0. The zero-order valence-electron chi connectivity index (χ0n) is 14.6. The van der Waals surface area contributed by atoms with Crippen molar-refractivity contribution in [3.63, 3.8) is 0 Å². The molecule has 0 aliphatic carbocycles. The first-order chi connectivity index (χ1) is 12.8. The molecule has 1 aromatic heterocycles. The monoisotopic (exact) mass is 380 g/mol. The first kappa shape index (κ1) is 18.4. The Morgan fingerprint density at radius 1 is 1.15 bits per heavy atom. The van der Waals surface area contributed by atoms with Crippen LogP contribution in [0.2, 0.25) is 0 Å². The molecule has 3 rings (SSSR count). The highest BCUT2D eigenvalue weighted by Crippen LogP contribution is 2.24. The van der Waals surface area contributed by atoms with Gasteiger partial charge < -0.3 is 5.32 Å². The highest BCUT2D eigenvalue weighted by atomic mass is 32.1. The Morgan fingerprint density at radius 2 is 1.85 bits per heavy atom. The number of hydrogen-bond donors (Lipinski definition) is 2. The number of anilines is 1. The molecule has 136 valence electrons. The minimum Gasteiger partial charge on any atom is -0.331 e. The fourth-order valence-corrected chi connectivity index (χ4v) is 2.95. The Morgan fingerprint density at radius 3 is 2.52 bits per heavy atom. The van der Waals surface area contributed by atoms with Crippen LogP contribution in [0, 0.1) is 24.0 Å². The summed E-state index contributed by atoms with van der Waals surface area (Å²) in [5.74, 6) is -0.456. The number of benzene rings is 2. The van der Waals surface area contributed by atoms with Crippen molar-refractivity contribution in [3.8, 4) is 0 Å². The standard InChI is InChI=1S/C19H16N4O3S/c1-11-10-12(2)20-17-15(11)4-3-5-16(17)21-19(27)22-18(24)13-6-8-14(9-7-13)23(25)26/h3-10H,1-2H3,(H2,21,22,24,27). The molecule has 0 saturated carbocycles. The summed E-state index contributed by atoms with van der Waals surface area (Å²) in [4.78, 5) is 27.0. The van der Waals surface area contributed by atoms with Crippen LogP contribution in [0.5, 0.6) is 0 Å². The molecular formula is C19H16N4O3S. The van der Waals surface area contributed by atoms with Crippen molar-refractivity contribution in [2.45, 2.75) is 13.8 Å². The summed E-state index contributed by atoms with van der Waals surface area (Å²) in [6, 6.07) is 13.0. The number of nitrogens with zero attached hydrogens (tertiary/aromatic N) is 2. The van der Waals surface area contributed by atoms with Gasteiger partial charge in [-0.15, -0.1) is 0 Å². The van der Waals surface area contributed by atoms with Gasteiger partial charge in [-0.1, -0.05) is 12.1 Å². The fourth-order valence-electron chi connectivity index (χ4n) is 2.75. The topological polar surface area (TPSA) is 97.2 Å². The number of nitrogens with one attached hydrogen (secondary N) is 2. The van der Waals surface area contributed by atoms with E-state index in [0.717, 1.165) is 22.2 Å². The van der Waals surface area contributed by atoms with Crippen LogP contribution in [0.4, 0.5) is 11.4 Å². The predicted octanol–water partition coefficient (Wildman–Crippen LogP) is 3.89. The van der Waals surface area contributed by atoms with E-state index in [4.69, 9.17) is 12.2 Å². The third-order valence-electron chi connectivity index (χ3n) is 3.99. The van der Waals surface area contributed by atoms with Crippen LogP contribution in [0.15, 0.2) is 48.5 Å². The van der Waals surface area contributed by atoms with Crippen molar-refractivity contribution < 1.29 is 9.72 Å². The van der Waals surface area contributed by atoms with Crippen molar-refractivity contribution >= 4 is 45.5 Å². The van der Waals surface area contributed by atoms with Crippen LogP contribution in [0.25, 0.3) is 10.9 Å². The Bertz CT molecular complexity index is 1060. The van der Waals surface area contributed by atoms with Gasteiger partial charge in [0.25, 0.3) is 11.6 Å². The summed E-state index contributed by atoms with van der Waals surface area (Å²) >= 11 is 5.23. The molecule has 7 nitrogen and oxygen atoms in total. The van der Waals surface area contributed by atoms with E-state index in [9.17, 15) is 14.9 Å². The summed E-state index contributed by atoms with van der Waals surface area (Å²) in [5, 5.41) is 17.4. The van der Waals surface area contributed by atoms with Gasteiger partial charge in [0, 0.05) is 28.8 Å². The zero-order valence-corrected chi connectivity index (χ0v) is 15.5. The summed E-state index contributed by atoms with van der Waals surface area (Å²) in [5.41, 5.74) is 3.62. The smallest absolute Gasteiger partial charge is 0.269 e. The van der Waals surface area contributed by atoms with E-state index in [1.54, 1.807) is 0 Å². The first-order valence-corrected chi connectivity index (χ1v) is 8.50. The van der Waals surface area contributed by atoms with Crippen LogP contribution in [0.3, 0.4) is 0 Å². The number of fused-ring (bicyclic) bond motifs is 1. The number of non-ortho nitro benzene ring substituents is 1. The van der Waals surface area contributed by atoms with Crippen molar-refractivity contribution in [1.29, 1.82) is 0 Å². The van der Waals surface area contributed by atoms with E-state index in [2.05, 4.69) is 15.6 Å². The third-order valence-corrected chi connectivity index (χ3v) is 4.19. The average molecular weight is 380 g/mol. The van der Waals surface area contributed by atoms with E-state index >= 15 is 0 Å². The number of pyridine rings is 1. The number of nitro groups is 1. The number of amides is 1. The summed E-state index contributed by atoms with van der Waals surface area (Å²) in [6.07, 6.45) is 0. The van der Waals surface area contributed by atoms with Crippen molar-refractivity contribution in [1.82, 2.24) is 10.3 Å². The van der Waals surface area contributed by atoms with Crippen molar-refractivity contribution in [2.24, 2.45) is 0 Å². The minimum atomic E-state index is -0.522. The number of aromatic nitrogens is 1. The van der Waals surface area contributed by atoms with Crippen LogP contribution >= 0.6 is 12.2 Å². The molecule has 3 aromatic rings. The number of hydrogen-bond acceptors (Lipinski definition) is 5. The molecule has 0 fully saturated rings. The average Bonchev–Trinajstić information content (AvgIpc) is 2.62. The number of carbonyl (C=O) groups is 1. The van der Waals surface area contributed by atoms with Crippen molar-refractivity contribution in [3.05, 3.63) is 75.5 Å². The number of rotatable bonds is 3. The third kappa shape index (κ3) is 4.06. The van der Waals surface area contributed by atoms with Crippen molar-refractivity contribution in [2.75, 3.05) is 5.32 Å². The lowest BCUT2D eigenvalue weighted by Gasteiger charge is -2.13. The number of thiocarbonyl (C=S) groups is 1. The summed E-state index contributed by atoms with van der Waals surface area (Å²) < 4.78 is 0. The molecule has 0 bridgehead atoms. The Balaban J connectivity index is 1.77. The van der Waals surface area contributed by atoms with E-state index in [-0.39, 0.29) is 16.4 Å². The van der Waals surface area contributed by atoms with Gasteiger partial charge in [0.15, 0.2) is 5.11 Å². The van der Waals surface area contributed by atoms with Gasteiger partial charge in [-0.2, -0.15) is 0 Å². The van der Waals surface area contributed by atoms with E-state index < -0.39 is 10.8 Å². The van der Waals surface area contributed by atoms with Gasteiger partial charge in [0.1, 0.15) is 0 Å². The molecule has 0 radical (unpaired) electrons. The van der Waals surface area contributed by atoms with Crippen LogP contribution in [0.1, 0.15) is 21.6 Å². The second kappa shape index (κ2) is 7.46. The second-order valence-electron chi connectivity index (χ2n) is 5.99. The molecule has 8 heteroatoms. The molecule has 27 heavy (non-hydrogen) atoms. The molecule has 0 atom stereocenters. The summed E-state index contributed by atoms with van der Waals surface area (Å²) in [6.45, 7) is 3.92. The van der Waals surface area contributed by atoms with E-state index in [1.165, 1.54) is 24.3 Å². The molecule has 1 amide bonds. The van der Waals surface area contributed by atoms with Gasteiger partial charge in [-0.3, -0.25) is 25.2 Å². The maximum atomic E-state index is 12.3. The minimum absolute atomic E-state index is 0.0835. The number of nitro benzene ring substituents is 1. The van der Waals surface area contributed by atoms with E-state index in [1.807, 2.05) is 38.1 Å². The SMILES string of the molecule is Cc1cc(C)c2cccc(NC(=S)NC(=O)c3ccc([N+](=O)[O-])cc3)c2n1. The first-order valence-electron chi connectivity index (χ1n) is 8.09. The lowest BCUT2D eigenvalue weighted by molar-refractivity contribution is -0.384. The molecule has 2 N–H and O–H groups in total. The predicted molar refractivity (Wildman–Crippen MR) is 108 cm³/mol. The molecule has 0 unspecified atom stereocenters. The fraction of sp³-hybridized carbons (Fsp3) is 0.105. The lowest BCUT2D eigenvalue weighted by Crippen LogP contribution is -2.34. The van der Waals surface area contributed by atoms with Gasteiger partial charge >= 0.3 is 0 Å². The molecule has 0 aliphatic heterocycles. The van der Waals surface area contributed by atoms with Crippen LogP contribution in [-0.4, -0.2) is 20.9 Å². The normalized spacial score (nSPS) is 10.4. The molecular weight excluding hydrogens is 364 g/mol. The maximum Gasteiger partial charge on any atom is 0.269 e. The number of aryl methyl sites for hydroxylation is 2. The quantitative estimate of drug-likeness (QED) is 0.406. The molecule has 1 heterocycles. The number of para-hydroxylation sites is 1. The lowest BCUT2D eigenvalue weighted by atomic mass is 10.1. The molecule has 0 aliphatic rings. The van der Waals surface area contributed by atoms with Gasteiger partial charge in [-0.05, 0) is 55.9 Å². The van der Waals surface area contributed by atoms with Gasteiger partial charge in [0.2, 0.25) is 0 Å². The largest absolute Gasteiger partial charge is 0.331 e. The highest BCUT2D eigenvalue weighted by Gasteiger charge is 2.12. The Hall–Kier alpha value is -3.39. The molecule has 0 spiro atoms. The highest BCUT2D eigenvalue weighted by molar-refractivity contribution is 7.80. The second-order valence-corrected chi connectivity index (χ2v) is 6.40. The Kier molecular flexibility index (Phi) is 5.09. The van der Waals surface area contributed by atoms with E-state index in [0.29, 0.717) is 5.69 Å². The van der Waals surface area contributed by atoms with Gasteiger partial charge in [-0.25, -0.2) is 0 Å². The molecule has 0 saturated heterocycles. The number of carbonyl (C=O) groups excluding carboxylic acids is 1. The molecule has 2 aromatic carbocycles. The zero-order chi connectivity index (χ0) is 19.6. The maximum absolute atomic E-state index is 12.3.